The molecule has 2 aromatic rings. The summed E-state index contributed by atoms with van der Waals surface area (Å²) in [5.74, 6) is 0.805. The molecule has 0 radical (unpaired) electrons. The van der Waals surface area contributed by atoms with Crippen molar-refractivity contribution in [3.05, 3.63) is 60.2 Å². The van der Waals surface area contributed by atoms with Crippen LogP contribution in [0.15, 0.2) is 54.6 Å². The van der Waals surface area contributed by atoms with E-state index in [9.17, 15) is 4.79 Å². The normalized spacial score (nSPS) is 10.0. The van der Waals surface area contributed by atoms with Crippen molar-refractivity contribution in [1.82, 2.24) is 5.32 Å². The fourth-order valence-electron chi connectivity index (χ4n) is 2.05. The van der Waals surface area contributed by atoms with Gasteiger partial charge in [0.15, 0.2) is 0 Å². The first-order chi connectivity index (χ1) is 10.8. The van der Waals surface area contributed by atoms with E-state index in [1.54, 1.807) is 7.05 Å². The minimum atomic E-state index is -0.0405. The number of carbonyl (C=O) groups is 1. The van der Waals surface area contributed by atoms with E-state index in [4.69, 9.17) is 4.74 Å². The highest BCUT2D eigenvalue weighted by Crippen LogP contribution is 2.16. The molecular formula is C18H22N2O2. The number of benzene rings is 2. The molecule has 0 heterocycles. The molecule has 1 amide bonds. The van der Waals surface area contributed by atoms with Gasteiger partial charge in [-0.15, -0.1) is 0 Å². The summed E-state index contributed by atoms with van der Waals surface area (Å²) in [6.07, 6.45) is 2.01. The highest BCUT2D eigenvalue weighted by molar-refractivity contribution is 5.80. The molecule has 0 aliphatic heterocycles. The highest BCUT2D eigenvalue weighted by Gasteiger charge is 1.99. The van der Waals surface area contributed by atoms with Gasteiger partial charge in [-0.25, -0.2) is 0 Å². The van der Waals surface area contributed by atoms with E-state index in [1.807, 2.05) is 30.3 Å². The zero-order valence-corrected chi connectivity index (χ0v) is 12.8. The van der Waals surface area contributed by atoms with Gasteiger partial charge in [0.05, 0.1) is 13.2 Å². The third kappa shape index (κ3) is 5.48. The maximum Gasteiger partial charge on any atom is 0.239 e. The summed E-state index contributed by atoms with van der Waals surface area (Å²) in [7, 11) is 1.62. The molecule has 0 saturated carbocycles. The lowest BCUT2D eigenvalue weighted by molar-refractivity contribution is -0.118. The molecule has 0 unspecified atom stereocenters. The number of aryl methyl sites for hydroxylation is 1. The average Bonchev–Trinajstić information content (AvgIpc) is 2.58. The van der Waals surface area contributed by atoms with Gasteiger partial charge < -0.3 is 15.4 Å². The van der Waals surface area contributed by atoms with Gasteiger partial charge in [-0.1, -0.05) is 30.3 Å². The van der Waals surface area contributed by atoms with E-state index >= 15 is 0 Å². The summed E-state index contributed by atoms with van der Waals surface area (Å²) >= 11 is 0. The first-order valence-electron chi connectivity index (χ1n) is 7.49. The number of ether oxygens (including phenoxy) is 1. The van der Waals surface area contributed by atoms with Crippen LogP contribution in [0, 0.1) is 0 Å². The van der Waals surface area contributed by atoms with Gasteiger partial charge in [-0.3, -0.25) is 4.79 Å². The largest absolute Gasteiger partial charge is 0.494 e. The second kappa shape index (κ2) is 8.72. The smallest absolute Gasteiger partial charge is 0.239 e. The number of likely N-dealkylation sites (N-methyl/N-ethyl adjacent to an activating group) is 1. The Kier molecular flexibility index (Phi) is 6.30. The molecule has 0 spiro atoms. The molecule has 0 aliphatic rings. The lowest BCUT2D eigenvalue weighted by atomic mass is 10.1. The molecule has 2 N–H and O–H groups in total. The van der Waals surface area contributed by atoms with E-state index in [-0.39, 0.29) is 12.5 Å². The van der Waals surface area contributed by atoms with Gasteiger partial charge in [-0.2, -0.15) is 0 Å². The molecule has 0 aromatic heterocycles. The van der Waals surface area contributed by atoms with Crippen LogP contribution in [0.2, 0.25) is 0 Å². The summed E-state index contributed by atoms with van der Waals surface area (Å²) in [5.41, 5.74) is 2.24. The van der Waals surface area contributed by atoms with Crippen LogP contribution in [0.25, 0.3) is 0 Å². The fraction of sp³-hybridized carbons (Fsp3) is 0.278. The van der Waals surface area contributed by atoms with E-state index in [0.29, 0.717) is 6.61 Å². The molecule has 22 heavy (non-hydrogen) atoms. The maximum absolute atomic E-state index is 11.1. The Morgan fingerprint density at radius 2 is 1.77 bits per heavy atom. The van der Waals surface area contributed by atoms with Gasteiger partial charge in [0.25, 0.3) is 0 Å². The van der Waals surface area contributed by atoms with E-state index < -0.39 is 0 Å². The summed E-state index contributed by atoms with van der Waals surface area (Å²) in [6, 6.07) is 18.1. The van der Waals surface area contributed by atoms with Crippen LogP contribution in [0.1, 0.15) is 12.0 Å². The third-order valence-electron chi connectivity index (χ3n) is 3.31. The van der Waals surface area contributed by atoms with Crippen molar-refractivity contribution >= 4 is 11.6 Å². The van der Waals surface area contributed by atoms with Crippen molar-refractivity contribution in [3.8, 4) is 5.75 Å². The Bertz CT molecular complexity index is 567. The van der Waals surface area contributed by atoms with Crippen LogP contribution in [0.3, 0.4) is 0 Å². The molecule has 2 rings (SSSR count). The van der Waals surface area contributed by atoms with Gasteiger partial charge in [0, 0.05) is 12.7 Å². The predicted octanol–water partition coefficient (Wildman–Crippen LogP) is 2.86. The highest BCUT2D eigenvalue weighted by atomic mass is 16.5. The Morgan fingerprint density at radius 1 is 1.05 bits per heavy atom. The molecule has 0 saturated heterocycles. The van der Waals surface area contributed by atoms with Gasteiger partial charge in [0.1, 0.15) is 5.75 Å². The number of anilines is 1. The predicted molar refractivity (Wildman–Crippen MR) is 89.3 cm³/mol. The number of rotatable bonds is 8. The number of carbonyl (C=O) groups excluding carboxylic acids is 1. The van der Waals surface area contributed by atoms with Gasteiger partial charge >= 0.3 is 0 Å². The quantitative estimate of drug-likeness (QED) is 0.737. The molecule has 0 aliphatic carbocycles. The van der Waals surface area contributed by atoms with Crippen molar-refractivity contribution in [2.45, 2.75) is 12.8 Å². The van der Waals surface area contributed by atoms with Crippen LogP contribution < -0.4 is 15.4 Å². The summed E-state index contributed by atoms with van der Waals surface area (Å²) in [6.45, 7) is 0.966. The Hall–Kier alpha value is -2.49. The lowest BCUT2D eigenvalue weighted by Gasteiger charge is -2.08. The summed E-state index contributed by atoms with van der Waals surface area (Å²) in [5, 5.41) is 5.61. The molecule has 0 fully saturated rings. The van der Waals surface area contributed by atoms with E-state index in [0.717, 1.165) is 24.3 Å². The molecule has 4 heteroatoms. The number of amides is 1. The Labute approximate surface area is 131 Å². The monoisotopic (exact) mass is 298 g/mol. The van der Waals surface area contributed by atoms with Crippen molar-refractivity contribution in [2.24, 2.45) is 0 Å². The number of hydrogen-bond acceptors (Lipinski definition) is 3. The van der Waals surface area contributed by atoms with Crippen LogP contribution in [-0.4, -0.2) is 26.1 Å². The molecule has 0 atom stereocenters. The average molecular weight is 298 g/mol. The Morgan fingerprint density at radius 3 is 2.45 bits per heavy atom. The van der Waals surface area contributed by atoms with E-state index in [1.165, 1.54) is 5.56 Å². The van der Waals surface area contributed by atoms with Crippen LogP contribution >= 0.6 is 0 Å². The zero-order chi connectivity index (χ0) is 15.6. The standard InChI is InChI=1S/C18H22N2O2/c1-19-18(21)14-20-16-9-11-17(12-10-16)22-13-5-8-15-6-3-2-4-7-15/h2-4,6-7,9-12,20H,5,8,13-14H2,1H3,(H,19,21). The van der Waals surface area contributed by atoms with Crippen molar-refractivity contribution in [2.75, 3.05) is 25.5 Å². The fourth-order valence-corrected chi connectivity index (χ4v) is 2.05. The van der Waals surface area contributed by atoms with Crippen LogP contribution in [-0.2, 0) is 11.2 Å². The zero-order valence-electron chi connectivity index (χ0n) is 12.8. The van der Waals surface area contributed by atoms with Crippen molar-refractivity contribution in [3.63, 3.8) is 0 Å². The third-order valence-corrected chi connectivity index (χ3v) is 3.31. The first-order valence-corrected chi connectivity index (χ1v) is 7.49. The first kappa shape index (κ1) is 15.9. The molecule has 4 nitrogen and oxygen atoms in total. The Balaban J connectivity index is 1.69. The summed E-state index contributed by atoms with van der Waals surface area (Å²) < 4.78 is 5.72. The topological polar surface area (TPSA) is 50.4 Å². The summed E-state index contributed by atoms with van der Waals surface area (Å²) in [4.78, 5) is 11.1. The molecule has 0 bridgehead atoms. The van der Waals surface area contributed by atoms with Gasteiger partial charge in [-0.05, 0) is 42.7 Å². The minimum absolute atomic E-state index is 0.0405. The van der Waals surface area contributed by atoms with Gasteiger partial charge in [0.2, 0.25) is 5.91 Å². The van der Waals surface area contributed by atoms with Crippen LogP contribution in [0.4, 0.5) is 5.69 Å². The number of hydrogen-bond donors (Lipinski definition) is 2. The molecule has 116 valence electrons. The van der Waals surface area contributed by atoms with Crippen molar-refractivity contribution < 1.29 is 9.53 Å². The van der Waals surface area contributed by atoms with Crippen molar-refractivity contribution in [1.29, 1.82) is 0 Å². The minimum Gasteiger partial charge on any atom is -0.494 e. The second-order valence-electron chi connectivity index (χ2n) is 4.99. The lowest BCUT2D eigenvalue weighted by Crippen LogP contribution is -2.26. The SMILES string of the molecule is CNC(=O)CNc1ccc(OCCCc2ccccc2)cc1. The number of nitrogens with one attached hydrogen (secondary N) is 2. The maximum atomic E-state index is 11.1. The molecule has 2 aromatic carbocycles. The second-order valence-corrected chi connectivity index (χ2v) is 4.99. The van der Waals surface area contributed by atoms with Crippen LogP contribution in [0.5, 0.6) is 5.75 Å². The molecular weight excluding hydrogens is 276 g/mol. The van der Waals surface area contributed by atoms with E-state index in [2.05, 4.69) is 34.9 Å².